The number of likely N-dealkylation sites (tertiary alicyclic amines) is 1. The van der Waals surface area contributed by atoms with Gasteiger partial charge in [0.15, 0.2) is 0 Å². The van der Waals surface area contributed by atoms with E-state index in [0.717, 1.165) is 19.3 Å². The zero-order valence-corrected chi connectivity index (χ0v) is 24.2. The summed E-state index contributed by atoms with van der Waals surface area (Å²) in [6.07, 6.45) is 7.93. The van der Waals surface area contributed by atoms with Crippen LogP contribution in [0.2, 0.25) is 5.02 Å². The fraction of sp³-hybridized carbons (Fsp3) is 0.581. The minimum absolute atomic E-state index is 0.100. The molecule has 218 valence electrons. The molecule has 0 saturated carbocycles. The van der Waals surface area contributed by atoms with Crippen LogP contribution in [-0.2, 0) is 19.1 Å². The summed E-state index contributed by atoms with van der Waals surface area (Å²) >= 11 is 6.53. The van der Waals surface area contributed by atoms with Crippen molar-refractivity contribution in [2.75, 3.05) is 37.7 Å². The summed E-state index contributed by atoms with van der Waals surface area (Å²) in [6.45, 7) is 11.4. The van der Waals surface area contributed by atoms with Crippen LogP contribution in [0.5, 0.6) is 0 Å². The summed E-state index contributed by atoms with van der Waals surface area (Å²) in [5.74, 6) is -1.91. The van der Waals surface area contributed by atoms with Gasteiger partial charge in [0.25, 0.3) is 5.91 Å². The lowest BCUT2D eigenvalue weighted by Gasteiger charge is -2.37. The number of hydrogen-bond donors (Lipinski definition) is 1. The molecule has 3 amide bonds. The number of carbonyl (C=O) groups excluding carboxylic acids is 3. The monoisotopic (exact) mass is 571 g/mol. The number of ether oxygens (including phenoxy) is 1. The van der Waals surface area contributed by atoms with Crippen LogP contribution >= 0.6 is 11.6 Å². The molecule has 1 spiro atoms. The van der Waals surface area contributed by atoms with E-state index in [-0.39, 0.29) is 30.9 Å². The Bertz CT molecular complexity index is 1110. The number of rotatable bonds is 15. The standard InChI is InChI=1S/C31H42ClN3O5/c1-4-17-33(18-5-2)28(37)25-24-15-16-31(40-24)26(25)29(38)35(20-11-7-8-12-21-36)27(31)30(39)34(19-6-3)23-14-10-9-13-22(23)32/h4,6,9-10,13-14,24-27,36H,1,3,5,7-8,11-12,15-21H2,2H3/t24-,25+,26+,27?,31?/m1/s1. The first-order chi connectivity index (χ1) is 19.4. The highest BCUT2D eigenvalue weighted by molar-refractivity contribution is 6.34. The van der Waals surface area contributed by atoms with Crippen molar-refractivity contribution in [2.45, 2.75) is 69.6 Å². The van der Waals surface area contributed by atoms with Crippen molar-refractivity contribution >= 4 is 35.0 Å². The molecule has 40 heavy (non-hydrogen) atoms. The first-order valence-corrected chi connectivity index (χ1v) is 14.9. The van der Waals surface area contributed by atoms with E-state index in [9.17, 15) is 14.4 Å². The smallest absolute Gasteiger partial charge is 0.253 e. The van der Waals surface area contributed by atoms with E-state index in [1.165, 1.54) is 0 Å². The van der Waals surface area contributed by atoms with E-state index >= 15 is 0 Å². The van der Waals surface area contributed by atoms with Crippen LogP contribution in [0.1, 0.15) is 51.9 Å². The number of aliphatic hydroxyl groups excluding tert-OH is 1. The molecule has 1 aromatic carbocycles. The molecule has 3 aliphatic rings. The Hall–Kier alpha value is -2.68. The van der Waals surface area contributed by atoms with E-state index in [1.54, 1.807) is 45.1 Å². The van der Waals surface area contributed by atoms with Crippen molar-refractivity contribution in [3.05, 3.63) is 54.6 Å². The summed E-state index contributed by atoms with van der Waals surface area (Å²) in [4.78, 5) is 47.7. The number of aliphatic hydroxyl groups is 1. The molecule has 3 aliphatic heterocycles. The van der Waals surface area contributed by atoms with Gasteiger partial charge in [0, 0.05) is 32.8 Å². The second-order valence-corrected chi connectivity index (χ2v) is 11.4. The molecule has 0 aromatic heterocycles. The van der Waals surface area contributed by atoms with Crippen LogP contribution in [0.15, 0.2) is 49.6 Å². The first-order valence-electron chi connectivity index (χ1n) is 14.5. The van der Waals surface area contributed by atoms with Crippen LogP contribution < -0.4 is 4.90 Å². The molecular weight excluding hydrogens is 530 g/mol. The highest BCUT2D eigenvalue weighted by Crippen LogP contribution is 2.59. The molecule has 3 heterocycles. The summed E-state index contributed by atoms with van der Waals surface area (Å²) in [5, 5.41) is 9.59. The molecule has 4 rings (SSSR count). The van der Waals surface area contributed by atoms with Gasteiger partial charge in [0.2, 0.25) is 11.8 Å². The summed E-state index contributed by atoms with van der Waals surface area (Å²) in [5.41, 5.74) is -0.527. The van der Waals surface area contributed by atoms with Gasteiger partial charge in [0.05, 0.1) is 28.6 Å². The predicted molar refractivity (Wildman–Crippen MR) is 156 cm³/mol. The minimum Gasteiger partial charge on any atom is -0.396 e. The van der Waals surface area contributed by atoms with Gasteiger partial charge in [-0.25, -0.2) is 0 Å². The highest BCUT2D eigenvalue weighted by atomic mass is 35.5. The van der Waals surface area contributed by atoms with Crippen molar-refractivity contribution in [3.8, 4) is 0 Å². The van der Waals surface area contributed by atoms with Crippen molar-refractivity contribution in [3.63, 3.8) is 0 Å². The lowest BCUT2D eigenvalue weighted by Crippen LogP contribution is -2.56. The van der Waals surface area contributed by atoms with Crippen molar-refractivity contribution in [2.24, 2.45) is 11.8 Å². The Morgan fingerprint density at radius 2 is 1.88 bits per heavy atom. The Morgan fingerprint density at radius 3 is 2.55 bits per heavy atom. The third-order valence-corrected chi connectivity index (χ3v) is 8.82. The largest absolute Gasteiger partial charge is 0.396 e. The molecule has 5 atom stereocenters. The number of hydrogen-bond acceptors (Lipinski definition) is 5. The number of amides is 3. The molecule has 1 aromatic rings. The molecule has 8 nitrogen and oxygen atoms in total. The Labute approximate surface area is 242 Å². The van der Waals surface area contributed by atoms with Crippen molar-refractivity contribution < 1.29 is 24.2 Å². The summed E-state index contributed by atoms with van der Waals surface area (Å²) in [6, 6.07) is 6.26. The summed E-state index contributed by atoms with van der Waals surface area (Å²) < 4.78 is 6.62. The van der Waals surface area contributed by atoms with E-state index in [4.69, 9.17) is 21.4 Å². The molecule has 2 bridgehead atoms. The van der Waals surface area contributed by atoms with Crippen molar-refractivity contribution in [1.82, 2.24) is 9.80 Å². The van der Waals surface area contributed by atoms with Crippen LogP contribution in [0, 0.1) is 11.8 Å². The average molecular weight is 572 g/mol. The maximum atomic E-state index is 14.5. The Balaban J connectivity index is 1.72. The van der Waals surface area contributed by atoms with E-state index < -0.39 is 29.6 Å². The second kappa shape index (κ2) is 13.3. The number of nitrogens with zero attached hydrogens (tertiary/aromatic N) is 3. The van der Waals surface area contributed by atoms with Gasteiger partial charge < -0.3 is 24.5 Å². The van der Waals surface area contributed by atoms with Crippen LogP contribution in [-0.4, -0.2) is 83.2 Å². The van der Waals surface area contributed by atoms with Crippen LogP contribution in [0.25, 0.3) is 0 Å². The third-order valence-electron chi connectivity index (χ3n) is 8.50. The number of para-hydroxylation sites is 1. The fourth-order valence-corrected chi connectivity index (χ4v) is 7.12. The van der Waals surface area contributed by atoms with Crippen LogP contribution in [0.4, 0.5) is 5.69 Å². The fourth-order valence-electron chi connectivity index (χ4n) is 6.88. The first kappa shape index (κ1) is 30.3. The average Bonchev–Trinajstić information content (AvgIpc) is 3.59. The SMILES string of the molecule is C=CCN(CCC)C(=O)[C@@H]1[C@H]2C(=O)N(CCCCCCO)C(C(=O)N(CC=C)c3ccccc3Cl)C23CC[C@H]1O3. The van der Waals surface area contributed by atoms with Gasteiger partial charge in [-0.05, 0) is 44.2 Å². The van der Waals surface area contributed by atoms with Crippen LogP contribution in [0.3, 0.4) is 0 Å². The van der Waals surface area contributed by atoms with Gasteiger partial charge in [-0.2, -0.15) is 0 Å². The predicted octanol–water partition coefficient (Wildman–Crippen LogP) is 4.21. The van der Waals surface area contributed by atoms with Gasteiger partial charge >= 0.3 is 0 Å². The molecule has 2 unspecified atom stereocenters. The number of halogens is 1. The van der Waals surface area contributed by atoms with E-state index in [2.05, 4.69) is 13.2 Å². The molecule has 0 aliphatic carbocycles. The number of benzene rings is 1. The number of fused-ring (bicyclic) bond motifs is 1. The zero-order chi connectivity index (χ0) is 28.9. The minimum atomic E-state index is -1.07. The molecule has 3 fully saturated rings. The van der Waals surface area contributed by atoms with Gasteiger partial charge in [0.1, 0.15) is 11.6 Å². The topological polar surface area (TPSA) is 90.4 Å². The quantitative estimate of drug-likeness (QED) is 0.252. The molecule has 1 N–H and O–H groups in total. The second-order valence-electron chi connectivity index (χ2n) is 11.0. The maximum absolute atomic E-state index is 14.5. The Kier molecular flexibility index (Phi) is 10.1. The number of carbonyl (C=O) groups is 3. The zero-order valence-electron chi connectivity index (χ0n) is 23.5. The molecule has 3 saturated heterocycles. The normalized spacial score (nSPS) is 26.6. The summed E-state index contributed by atoms with van der Waals surface area (Å²) in [7, 11) is 0. The molecular formula is C31H42ClN3O5. The number of anilines is 1. The highest BCUT2D eigenvalue weighted by Gasteiger charge is 2.74. The molecule has 9 heteroatoms. The lowest BCUT2D eigenvalue weighted by atomic mass is 9.70. The molecule has 0 radical (unpaired) electrons. The van der Waals surface area contributed by atoms with Gasteiger partial charge in [-0.3, -0.25) is 14.4 Å². The Morgan fingerprint density at radius 1 is 1.15 bits per heavy atom. The van der Waals surface area contributed by atoms with E-state index in [1.807, 2.05) is 13.0 Å². The lowest BCUT2D eigenvalue weighted by molar-refractivity contribution is -0.145. The van der Waals surface area contributed by atoms with E-state index in [0.29, 0.717) is 56.0 Å². The maximum Gasteiger partial charge on any atom is 0.253 e. The van der Waals surface area contributed by atoms with Gasteiger partial charge in [-0.1, -0.05) is 55.7 Å². The number of unbranched alkanes of at least 4 members (excludes halogenated alkanes) is 3. The van der Waals surface area contributed by atoms with Crippen molar-refractivity contribution in [1.29, 1.82) is 0 Å². The third kappa shape index (κ3) is 5.46. The van der Waals surface area contributed by atoms with Gasteiger partial charge in [-0.15, -0.1) is 13.2 Å².